The Bertz CT molecular complexity index is 919. The molecule has 27 heavy (non-hydrogen) atoms. The topological polar surface area (TPSA) is 98.3 Å². The lowest BCUT2D eigenvalue weighted by Crippen LogP contribution is -2.32. The zero-order chi connectivity index (χ0) is 18.8. The average Bonchev–Trinajstić information content (AvgIpc) is 3.20. The van der Waals surface area contributed by atoms with Gasteiger partial charge < -0.3 is 21.1 Å². The van der Waals surface area contributed by atoms with Crippen LogP contribution in [0.5, 0.6) is 5.75 Å². The van der Waals surface area contributed by atoms with Gasteiger partial charge in [0.15, 0.2) is 0 Å². The first-order chi connectivity index (χ1) is 13.1. The molecule has 0 bridgehead atoms. The molecule has 3 heterocycles. The molecule has 0 saturated carbocycles. The van der Waals surface area contributed by atoms with Crippen LogP contribution in [0.25, 0.3) is 0 Å². The first-order valence-electron chi connectivity index (χ1n) is 9.10. The van der Waals surface area contributed by atoms with E-state index in [0.29, 0.717) is 29.4 Å². The molecule has 2 aromatic rings. The molecule has 1 fully saturated rings. The number of hydrogen-bond donors (Lipinski definition) is 4. The summed E-state index contributed by atoms with van der Waals surface area (Å²) in [5.41, 5.74) is 9.51. The number of dihydropyridines is 1. The summed E-state index contributed by atoms with van der Waals surface area (Å²) in [5, 5.41) is 21.7. The van der Waals surface area contributed by atoms with Crippen LogP contribution in [0.3, 0.4) is 0 Å². The number of nitrogens with one attached hydrogen (secondary N) is 2. The van der Waals surface area contributed by atoms with Crippen molar-refractivity contribution in [2.75, 3.05) is 25.4 Å². The van der Waals surface area contributed by atoms with E-state index in [2.05, 4.69) is 27.3 Å². The van der Waals surface area contributed by atoms with E-state index in [9.17, 15) is 5.11 Å². The maximum absolute atomic E-state index is 9.73. The number of aromatic hydroxyl groups is 1. The fourth-order valence-corrected chi connectivity index (χ4v) is 3.70. The second-order valence-corrected chi connectivity index (χ2v) is 6.93. The van der Waals surface area contributed by atoms with Crippen LogP contribution < -0.4 is 11.1 Å². The number of phenolic OH excluding ortho intramolecular Hbond substituents is 1. The molecule has 1 saturated heterocycles. The molecule has 0 spiro atoms. The van der Waals surface area contributed by atoms with E-state index in [1.54, 1.807) is 12.1 Å². The number of nitrogen functional groups attached to an aromatic ring is 1. The van der Waals surface area contributed by atoms with Crippen molar-refractivity contribution in [2.24, 2.45) is 0 Å². The van der Waals surface area contributed by atoms with Gasteiger partial charge in [0.1, 0.15) is 11.6 Å². The Morgan fingerprint density at radius 3 is 2.89 bits per heavy atom. The van der Waals surface area contributed by atoms with Gasteiger partial charge in [0, 0.05) is 54.8 Å². The van der Waals surface area contributed by atoms with Gasteiger partial charge in [-0.25, -0.2) is 0 Å². The molecule has 1 atom stereocenters. The van der Waals surface area contributed by atoms with E-state index in [1.165, 1.54) is 11.6 Å². The molecule has 1 unspecified atom stereocenters. The number of aromatic nitrogens is 1. The molecule has 0 aliphatic carbocycles. The van der Waals surface area contributed by atoms with E-state index in [-0.39, 0.29) is 5.75 Å². The van der Waals surface area contributed by atoms with Crippen LogP contribution in [0, 0.1) is 5.41 Å². The molecule has 5 N–H and O–H groups in total. The van der Waals surface area contributed by atoms with Crippen LogP contribution >= 0.6 is 0 Å². The van der Waals surface area contributed by atoms with Crippen molar-refractivity contribution < 1.29 is 5.11 Å². The molecular formula is C21H23N5O. The standard InChI is InChI=1S/C21H23N5O/c22-19-2-1-17(27)12-18(19)21(23)15-5-9-25-20(11-15)26-10-6-16(13-26)14-3-7-24-8-4-14/h1-5,7-8,11-12,16,23,25,27H,6,9-10,13,22H2. The Morgan fingerprint density at radius 2 is 2.07 bits per heavy atom. The Kier molecular flexibility index (Phi) is 4.54. The van der Waals surface area contributed by atoms with Crippen molar-refractivity contribution in [1.29, 1.82) is 5.41 Å². The number of nitrogens with two attached hydrogens (primary N) is 1. The van der Waals surface area contributed by atoms with Crippen LogP contribution in [0.1, 0.15) is 23.5 Å². The summed E-state index contributed by atoms with van der Waals surface area (Å²) in [4.78, 5) is 6.43. The maximum Gasteiger partial charge on any atom is 0.116 e. The molecule has 2 aliphatic heterocycles. The third-order valence-corrected chi connectivity index (χ3v) is 5.20. The van der Waals surface area contributed by atoms with Gasteiger partial charge in [-0.05, 0) is 48.4 Å². The predicted octanol–water partition coefficient (Wildman–Crippen LogP) is 2.60. The third kappa shape index (κ3) is 3.51. The van der Waals surface area contributed by atoms with Crippen LogP contribution in [-0.4, -0.2) is 40.3 Å². The summed E-state index contributed by atoms with van der Waals surface area (Å²) in [6.07, 6.45) is 8.77. The van der Waals surface area contributed by atoms with Gasteiger partial charge in [0.05, 0.1) is 5.71 Å². The van der Waals surface area contributed by atoms with Gasteiger partial charge in [0.25, 0.3) is 0 Å². The molecule has 6 nitrogen and oxygen atoms in total. The van der Waals surface area contributed by atoms with E-state index in [0.717, 1.165) is 30.9 Å². The minimum absolute atomic E-state index is 0.113. The second kappa shape index (κ2) is 7.15. The number of allylic oxidation sites excluding steroid dienone is 2. The van der Waals surface area contributed by atoms with Gasteiger partial charge in [-0.1, -0.05) is 6.08 Å². The Morgan fingerprint density at radius 1 is 1.26 bits per heavy atom. The molecule has 138 valence electrons. The SMILES string of the molecule is N=C(C1=CCNC(N2CCC(c3ccncc3)C2)=C1)c1cc(O)ccc1N. The average molecular weight is 361 g/mol. The highest BCUT2D eigenvalue weighted by Crippen LogP contribution is 2.30. The van der Waals surface area contributed by atoms with Crippen molar-refractivity contribution in [3.63, 3.8) is 0 Å². The number of anilines is 1. The van der Waals surface area contributed by atoms with Gasteiger partial charge in [-0.2, -0.15) is 0 Å². The van der Waals surface area contributed by atoms with Crippen LogP contribution in [-0.2, 0) is 0 Å². The summed E-state index contributed by atoms with van der Waals surface area (Å²) >= 11 is 0. The summed E-state index contributed by atoms with van der Waals surface area (Å²) in [6, 6.07) is 8.88. The zero-order valence-electron chi connectivity index (χ0n) is 15.0. The highest BCUT2D eigenvalue weighted by molar-refractivity contribution is 6.15. The molecular weight excluding hydrogens is 338 g/mol. The normalized spacial score (nSPS) is 19.3. The van der Waals surface area contributed by atoms with Gasteiger partial charge >= 0.3 is 0 Å². The van der Waals surface area contributed by atoms with Crippen molar-refractivity contribution in [3.05, 3.63) is 77.4 Å². The predicted molar refractivity (Wildman–Crippen MR) is 107 cm³/mol. The Balaban J connectivity index is 1.52. The quantitative estimate of drug-likeness (QED) is 0.381. The van der Waals surface area contributed by atoms with Crippen LogP contribution in [0.2, 0.25) is 0 Å². The van der Waals surface area contributed by atoms with Crippen LogP contribution in [0.15, 0.2) is 66.3 Å². The first-order valence-corrected chi connectivity index (χ1v) is 9.10. The maximum atomic E-state index is 9.73. The van der Waals surface area contributed by atoms with Crippen molar-refractivity contribution in [1.82, 2.24) is 15.2 Å². The van der Waals surface area contributed by atoms with Crippen molar-refractivity contribution in [2.45, 2.75) is 12.3 Å². The third-order valence-electron chi connectivity index (χ3n) is 5.20. The summed E-state index contributed by atoms with van der Waals surface area (Å²) in [6.45, 7) is 2.58. The highest BCUT2D eigenvalue weighted by Gasteiger charge is 2.26. The first kappa shape index (κ1) is 17.1. The van der Waals surface area contributed by atoms with Gasteiger partial charge in [-0.3, -0.25) is 10.4 Å². The van der Waals surface area contributed by atoms with Crippen molar-refractivity contribution >= 4 is 11.4 Å². The minimum Gasteiger partial charge on any atom is -0.508 e. The molecule has 1 aromatic heterocycles. The molecule has 2 aliphatic rings. The fourth-order valence-electron chi connectivity index (χ4n) is 3.70. The Labute approximate surface area is 158 Å². The number of rotatable bonds is 4. The largest absolute Gasteiger partial charge is 0.508 e. The monoisotopic (exact) mass is 361 g/mol. The summed E-state index contributed by atoms with van der Waals surface area (Å²) in [7, 11) is 0. The molecule has 0 amide bonds. The molecule has 6 heteroatoms. The highest BCUT2D eigenvalue weighted by atomic mass is 16.3. The number of phenols is 1. The zero-order valence-corrected chi connectivity index (χ0v) is 15.0. The van der Waals surface area contributed by atoms with Crippen LogP contribution in [0.4, 0.5) is 5.69 Å². The number of likely N-dealkylation sites (tertiary alicyclic amines) is 1. The Hall–Kier alpha value is -3.28. The molecule has 0 radical (unpaired) electrons. The summed E-state index contributed by atoms with van der Waals surface area (Å²) in [5.74, 6) is 1.64. The number of pyridine rings is 1. The number of nitrogens with zero attached hydrogens (tertiary/aromatic N) is 2. The lowest BCUT2D eigenvalue weighted by Gasteiger charge is -2.26. The van der Waals surface area contributed by atoms with Gasteiger partial charge in [0.2, 0.25) is 0 Å². The smallest absolute Gasteiger partial charge is 0.116 e. The van der Waals surface area contributed by atoms with E-state index >= 15 is 0 Å². The lowest BCUT2D eigenvalue weighted by atomic mass is 9.98. The molecule has 1 aromatic carbocycles. The van der Waals surface area contributed by atoms with Crippen molar-refractivity contribution in [3.8, 4) is 5.75 Å². The number of hydrogen-bond acceptors (Lipinski definition) is 6. The second-order valence-electron chi connectivity index (χ2n) is 6.93. The van der Waals surface area contributed by atoms with E-state index < -0.39 is 0 Å². The number of benzene rings is 1. The van der Waals surface area contributed by atoms with E-state index in [1.807, 2.05) is 24.5 Å². The minimum atomic E-state index is 0.113. The fraction of sp³-hybridized carbons (Fsp3) is 0.238. The van der Waals surface area contributed by atoms with Gasteiger partial charge in [-0.15, -0.1) is 0 Å². The molecule has 4 rings (SSSR count). The lowest BCUT2D eigenvalue weighted by molar-refractivity contribution is 0.388. The summed E-state index contributed by atoms with van der Waals surface area (Å²) < 4.78 is 0. The van der Waals surface area contributed by atoms with E-state index in [4.69, 9.17) is 11.1 Å².